The summed E-state index contributed by atoms with van der Waals surface area (Å²) in [6, 6.07) is -1.17. The highest BCUT2D eigenvalue weighted by atomic mass is 16.8. The number of carbonyl (C=O) groups excluding carboxylic acids is 2. The van der Waals surface area contributed by atoms with E-state index < -0.39 is 73.5 Å². The molecule has 0 saturated carbocycles. The number of amides is 4. The first kappa shape index (κ1) is 29.2. The summed E-state index contributed by atoms with van der Waals surface area (Å²) >= 11 is 0. The van der Waals surface area contributed by atoms with Crippen LogP contribution in [-0.4, -0.2) is 144 Å². The molecule has 0 radical (unpaired) electrons. The monoisotopic (exact) mass is 486 g/mol. The minimum Gasteiger partial charge on any atom is -0.400 e. The first-order valence-corrected chi connectivity index (χ1v) is 9.98. The van der Waals surface area contributed by atoms with Gasteiger partial charge >= 0.3 is 12.1 Å². The fraction of sp³-hybridized carbons (Fsp3) is 0.882. The van der Waals surface area contributed by atoms with Crippen LogP contribution in [0.25, 0.3) is 0 Å². The van der Waals surface area contributed by atoms with E-state index in [0.29, 0.717) is 0 Å². The number of hydrogen-bond acceptors (Lipinski definition) is 12. The molecular weight excluding hydrogens is 452 g/mol. The first-order chi connectivity index (χ1) is 15.6. The molecule has 2 saturated heterocycles. The Bertz CT molecular complexity index is 631. The topological polar surface area (TPSA) is 252 Å². The number of rotatable bonds is 7. The zero-order chi connectivity index (χ0) is 25.3. The van der Waals surface area contributed by atoms with Gasteiger partial charge < -0.3 is 71.2 Å². The smallest absolute Gasteiger partial charge is 0.314 e. The SMILES string of the molecule is CNC(=O)NCC1OC(OC2(CO)OC(CNC(=O)NC)C(O)C2O)C(O)C(O)C1O.CO. The van der Waals surface area contributed by atoms with Gasteiger partial charge in [0.15, 0.2) is 6.29 Å². The maximum atomic E-state index is 11.4. The molecule has 16 nitrogen and oxygen atoms in total. The van der Waals surface area contributed by atoms with Gasteiger partial charge in [-0.05, 0) is 0 Å². The Labute approximate surface area is 189 Å². The Morgan fingerprint density at radius 1 is 0.848 bits per heavy atom. The third-order valence-corrected chi connectivity index (χ3v) is 5.09. The fourth-order valence-electron chi connectivity index (χ4n) is 3.23. The zero-order valence-corrected chi connectivity index (χ0v) is 18.4. The number of urea groups is 2. The van der Waals surface area contributed by atoms with Crippen molar-refractivity contribution in [3.63, 3.8) is 0 Å². The molecule has 0 aromatic rings. The standard InChI is InChI=1S/C16H30N4O11.CH4O/c1-17-14(27)19-3-6-8(22)10(24)11(25)13(29-6)31-16(5-21)12(26)9(23)7(30-16)4-20-15(28)18-2;1-2/h6-13,21-26H,3-5H2,1-2H3,(H2,17,19,27)(H2,18,20,28);2H,1H3. The largest absolute Gasteiger partial charge is 0.400 e. The Hall–Kier alpha value is -1.86. The van der Waals surface area contributed by atoms with Crippen molar-refractivity contribution in [3.8, 4) is 0 Å². The van der Waals surface area contributed by atoms with Crippen molar-refractivity contribution in [3.05, 3.63) is 0 Å². The van der Waals surface area contributed by atoms with Gasteiger partial charge in [0.05, 0.1) is 0 Å². The molecule has 2 aliphatic rings. The van der Waals surface area contributed by atoms with Crippen molar-refractivity contribution in [2.75, 3.05) is 40.9 Å². The summed E-state index contributed by atoms with van der Waals surface area (Å²) in [7, 11) is 3.73. The lowest BCUT2D eigenvalue weighted by molar-refractivity contribution is -0.380. The second-order valence-electron chi connectivity index (χ2n) is 7.11. The minimum absolute atomic E-state index is 0.253. The van der Waals surface area contributed by atoms with Crippen LogP contribution in [0.1, 0.15) is 0 Å². The van der Waals surface area contributed by atoms with Gasteiger partial charge in [-0.15, -0.1) is 0 Å². The van der Waals surface area contributed by atoms with Crippen LogP contribution in [0.3, 0.4) is 0 Å². The number of ether oxygens (including phenoxy) is 3. The maximum Gasteiger partial charge on any atom is 0.314 e. The van der Waals surface area contributed by atoms with Crippen molar-refractivity contribution in [1.82, 2.24) is 21.3 Å². The van der Waals surface area contributed by atoms with Gasteiger partial charge in [-0.25, -0.2) is 9.59 Å². The maximum absolute atomic E-state index is 11.4. The third kappa shape index (κ3) is 6.82. The summed E-state index contributed by atoms with van der Waals surface area (Å²) in [5, 5.41) is 77.2. The van der Waals surface area contributed by atoms with Crippen molar-refractivity contribution in [1.29, 1.82) is 0 Å². The van der Waals surface area contributed by atoms with Gasteiger partial charge in [-0.2, -0.15) is 0 Å². The Balaban J connectivity index is 0.00000265. The molecule has 2 aliphatic heterocycles. The summed E-state index contributed by atoms with van der Waals surface area (Å²) in [6.07, 6.45) is -12.8. The number of aliphatic hydroxyl groups is 7. The predicted octanol–water partition coefficient (Wildman–Crippen LogP) is -5.91. The first-order valence-electron chi connectivity index (χ1n) is 9.98. The summed E-state index contributed by atoms with van der Waals surface area (Å²) in [5.74, 6) is -2.28. The van der Waals surface area contributed by atoms with Gasteiger partial charge in [0.2, 0.25) is 5.79 Å². The molecule has 0 spiro atoms. The van der Waals surface area contributed by atoms with Gasteiger partial charge in [0.25, 0.3) is 0 Å². The molecule has 0 aromatic heterocycles. The minimum atomic E-state index is -2.28. The van der Waals surface area contributed by atoms with E-state index in [1.165, 1.54) is 14.1 Å². The second-order valence-corrected chi connectivity index (χ2v) is 7.11. The van der Waals surface area contributed by atoms with Crippen molar-refractivity contribution in [2.24, 2.45) is 0 Å². The van der Waals surface area contributed by atoms with Gasteiger partial charge in [0, 0.05) is 34.3 Å². The predicted molar refractivity (Wildman–Crippen MR) is 108 cm³/mol. The number of nitrogens with one attached hydrogen (secondary N) is 4. The Kier molecular flexibility index (Phi) is 11.6. The molecule has 194 valence electrons. The lowest BCUT2D eigenvalue weighted by Gasteiger charge is -2.43. The lowest BCUT2D eigenvalue weighted by Crippen LogP contribution is -2.63. The van der Waals surface area contributed by atoms with Crippen LogP contribution in [0, 0.1) is 0 Å². The second kappa shape index (κ2) is 13.1. The van der Waals surface area contributed by atoms with Crippen LogP contribution in [0.4, 0.5) is 9.59 Å². The molecule has 0 bridgehead atoms. The Morgan fingerprint density at radius 2 is 1.36 bits per heavy atom. The third-order valence-electron chi connectivity index (χ3n) is 5.09. The van der Waals surface area contributed by atoms with Crippen LogP contribution in [0.2, 0.25) is 0 Å². The van der Waals surface area contributed by atoms with E-state index >= 15 is 0 Å². The number of hydrogen-bond donors (Lipinski definition) is 11. The summed E-state index contributed by atoms with van der Waals surface area (Å²) in [6.45, 7) is -1.52. The summed E-state index contributed by atoms with van der Waals surface area (Å²) in [5.41, 5.74) is 0. The molecule has 11 N–H and O–H groups in total. The molecule has 4 amide bonds. The van der Waals surface area contributed by atoms with E-state index in [-0.39, 0.29) is 13.1 Å². The number of carbonyl (C=O) groups is 2. The summed E-state index contributed by atoms with van der Waals surface area (Å²) < 4.78 is 16.3. The van der Waals surface area contributed by atoms with Crippen LogP contribution in [0.5, 0.6) is 0 Å². The van der Waals surface area contributed by atoms with E-state index in [0.717, 1.165) is 7.11 Å². The van der Waals surface area contributed by atoms with E-state index in [1.807, 2.05) is 0 Å². The van der Waals surface area contributed by atoms with Crippen LogP contribution >= 0.6 is 0 Å². The average molecular weight is 486 g/mol. The van der Waals surface area contributed by atoms with Gasteiger partial charge in [-0.3, -0.25) is 0 Å². The molecular formula is C17H34N4O12. The van der Waals surface area contributed by atoms with E-state index in [4.69, 9.17) is 19.3 Å². The molecule has 16 heteroatoms. The van der Waals surface area contributed by atoms with Gasteiger partial charge in [0.1, 0.15) is 49.3 Å². The van der Waals surface area contributed by atoms with Crippen molar-refractivity contribution < 1.29 is 59.5 Å². The van der Waals surface area contributed by atoms with Crippen molar-refractivity contribution >= 4 is 12.1 Å². The lowest BCUT2D eigenvalue weighted by atomic mass is 9.98. The quantitative estimate of drug-likeness (QED) is 0.161. The van der Waals surface area contributed by atoms with E-state index in [2.05, 4.69) is 21.3 Å². The van der Waals surface area contributed by atoms with Crippen LogP contribution in [0.15, 0.2) is 0 Å². The Morgan fingerprint density at radius 3 is 1.85 bits per heavy atom. The van der Waals surface area contributed by atoms with Crippen LogP contribution < -0.4 is 21.3 Å². The highest BCUT2D eigenvalue weighted by molar-refractivity contribution is 5.73. The van der Waals surface area contributed by atoms with Crippen LogP contribution in [-0.2, 0) is 14.2 Å². The molecule has 33 heavy (non-hydrogen) atoms. The number of aliphatic hydroxyl groups excluding tert-OH is 7. The molecule has 9 atom stereocenters. The van der Waals surface area contributed by atoms with Gasteiger partial charge in [-0.1, -0.05) is 0 Å². The molecule has 2 fully saturated rings. The van der Waals surface area contributed by atoms with E-state index in [9.17, 15) is 40.2 Å². The molecule has 9 unspecified atom stereocenters. The van der Waals surface area contributed by atoms with E-state index in [1.54, 1.807) is 0 Å². The molecule has 0 aromatic carbocycles. The fourth-order valence-corrected chi connectivity index (χ4v) is 3.23. The highest BCUT2D eigenvalue weighted by Crippen LogP contribution is 2.35. The highest BCUT2D eigenvalue weighted by Gasteiger charge is 2.58. The molecule has 2 heterocycles. The normalized spacial score (nSPS) is 38.0. The summed E-state index contributed by atoms with van der Waals surface area (Å²) in [4.78, 5) is 22.7. The zero-order valence-electron chi connectivity index (χ0n) is 18.4. The molecule has 2 rings (SSSR count). The van der Waals surface area contributed by atoms with Crippen molar-refractivity contribution in [2.45, 2.75) is 54.8 Å². The average Bonchev–Trinajstić information content (AvgIpc) is 3.07. The molecule has 0 aliphatic carbocycles.